The van der Waals surface area contributed by atoms with Crippen molar-refractivity contribution in [2.24, 2.45) is 10.7 Å². The molecule has 0 spiro atoms. The van der Waals surface area contributed by atoms with Crippen LogP contribution in [0.25, 0.3) is 10.8 Å². The van der Waals surface area contributed by atoms with E-state index in [-0.39, 0.29) is 5.75 Å². The summed E-state index contributed by atoms with van der Waals surface area (Å²) in [6, 6.07) is 20.1. The number of fused-ring (bicyclic) bond motifs is 1. The van der Waals surface area contributed by atoms with Crippen LogP contribution in [0, 0.1) is 0 Å². The van der Waals surface area contributed by atoms with Crippen molar-refractivity contribution in [3.63, 3.8) is 0 Å². The monoisotopic (exact) mass is 350 g/mol. The first kappa shape index (κ1) is 17.4. The Balaban J connectivity index is 1.90. The Morgan fingerprint density at radius 1 is 1.04 bits per heavy atom. The first-order valence-electron chi connectivity index (χ1n) is 8.42. The molecule has 0 unspecified atom stereocenters. The zero-order chi connectivity index (χ0) is 17.6. The van der Waals surface area contributed by atoms with Crippen LogP contribution >= 0.6 is 11.8 Å². The molecule has 3 aromatic carbocycles. The number of rotatable bonds is 6. The Hall–Kier alpha value is -2.46. The molecule has 3 rings (SSSR count). The maximum atomic E-state index is 10.3. The molecule has 0 aliphatic rings. The summed E-state index contributed by atoms with van der Waals surface area (Å²) >= 11 is 1.70. The van der Waals surface area contributed by atoms with Crippen LogP contribution in [0.15, 0.2) is 70.6 Å². The van der Waals surface area contributed by atoms with E-state index in [1.165, 1.54) is 15.7 Å². The zero-order valence-corrected chi connectivity index (χ0v) is 15.1. The van der Waals surface area contributed by atoms with Crippen molar-refractivity contribution in [1.29, 1.82) is 0 Å². The third-order valence-electron chi connectivity index (χ3n) is 4.05. The molecule has 0 radical (unpaired) electrons. The Labute approximate surface area is 152 Å². The lowest BCUT2D eigenvalue weighted by molar-refractivity contribution is 0.470. The van der Waals surface area contributed by atoms with Gasteiger partial charge in [0.1, 0.15) is 11.6 Å². The van der Waals surface area contributed by atoms with Crippen molar-refractivity contribution in [1.82, 2.24) is 0 Å². The second-order valence-corrected chi connectivity index (χ2v) is 6.85. The van der Waals surface area contributed by atoms with Crippen LogP contribution < -0.4 is 5.73 Å². The van der Waals surface area contributed by atoms with Gasteiger partial charge in [0.15, 0.2) is 0 Å². The number of aromatic hydroxyl groups is 1. The second-order valence-electron chi connectivity index (χ2n) is 5.84. The molecule has 0 bridgehead atoms. The summed E-state index contributed by atoms with van der Waals surface area (Å²) in [5.74, 6) is 1.39. The van der Waals surface area contributed by atoms with E-state index in [9.17, 15) is 5.11 Å². The Bertz CT molecular complexity index is 900. The largest absolute Gasteiger partial charge is 0.508 e. The van der Waals surface area contributed by atoms with Crippen LogP contribution in [-0.2, 0) is 5.75 Å². The number of thioether (sulfide) groups is 1. The van der Waals surface area contributed by atoms with Gasteiger partial charge in [-0.15, -0.1) is 11.8 Å². The van der Waals surface area contributed by atoms with Gasteiger partial charge in [0.2, 0.25) is 0 Å². The summed E-state index contributed by atoms with van der Waals surface area (Å²) in [6.45, 7) is 2.76. The molecule has 25 heavy (non-hydrogen) atoms. The minimum absolute atomic E-state index is 0.264. The van der Waals surface area contributed by atoms with Gasteiger partial charge in [0, 0.05) is 28.3 Å². The molecule has 0 aliphatic carbocycles. The van der Waals surface area contributed by atoms with Crippen LogP contribution in [0.5, 0.6) is 5.75 Å². The van der Waals surface area contributed by atoms with E-state index < -0.39 is 0 Å². The van der Waals surface area contributed by atoms with E-state index in [2.05, 4.69) is 42.2 Å². The molecule has 0 aromatic heterocycles. The highest BCUT2D eigenvalue weighted by molar-refractivity contribution is 7.98. The third-order valence-corrected chi connectivity index (χ3v) is 5.15. The van der Waals surface area contributed by atoms with Crippen LogP contribution in [0.4, 0.5) is 0 Å². The van der Waals surface area contributed by atoms with Gasteiger partial charge in [-0.3, -0.25) is 4.99 Å². The molecular formula is C21H22N2OS. The highest BCUT2D eigenvalue weighted by Crippen LogP contribution is 2.33. The van der Waals surface area contributed by atoms with Crippen LogP contribution in [0.1, 0.15) is 24.5 Å². The summed E-state index contributed by atoms with van der Waals surface area (Å²) in [5.41, 5.74) is 7.79. The molecule has 0 heterocycles. The highest BCUT2D eigenvalue weighted by Gasteiger charge is 2.12. The molecule has 4 heteroatoms. The molecule has 0 fully saturated rings. The van der Waals surface area contributed by atoms with E-state index in [0.29, 0.717) is 18.1 Å². The number of hydrogen-bond acceptors (Lipinski definition) is 3. The van der Waals surface area contributed by atoms with Gasteiger partial charge < -0.3 is 10.8 Å². The topological polar surface area (TPSA) is 58.6 Å². The maximum absolute atomic E-state index is 10.3. The maximum Gasteiger partial charge on any atom is 0.126 e. The summed E-state index contributed by atoms with van der Waals surface area (Å²) in [7, 11) is 0. The lowest BCUT2D eigenvalue weighted by Crippen LogP contribution is -2.16. The quantitative estimate of drug-likeness (QED) is 0.375. The molecule has 3 aromatic rings. The van der Waals surface area contributed by atoms with E-state index in [4.69, 9.17) is 5.73 Å². The van der Waals surface area contributed by atoms with E-state index >= 15 is 0 Å². The normalized spacial score (nSPS) is 11.8. The number of phenols is 1. The number of aliphatic imine (C=N–C) groups is 1. The molecule has 3 nitrogen and oxygen atoms in total. The second kappa shape index (κ2) is 8.08. The first-order chi connectivity index (χ1) is 12.2. The minimum atomic E-state index is 0.264. The van der Waals surface area contributed by atoms with Crippen molar-refractivity contribution in [3.05, 3.63) is 71.8 Å². The average molecular weight is 350 g/mol. The van der Waals surface area contributed by atoms with Gasteiger partial charge in [0.25, 0.3) is 0 Å². The van der Waals surface area contributed by atoms with Crippen molar-refractivity contribution in [3.8, 4) is 5.75 Å². The predicted octanol–water partition coefficient (Wildman–Crippen LogP) is 4.95. The number of nitrogens with zero attached hydrogens (tertiary/aromatic N) is 1. The zero-order valence-electron chi connectivity index (χ0n) is 14.3. The number of benzene rings is 3. The predicted molar refractivity (Wildman–Crippen MR) is 107 cm³/mol. The number of nitrogens with two attached hydrogens (primary N) is 1. The van der Waals surface area contributed by atoms with Gasteiger partial charge in [-0.25, -0.2) is 0 Å². The van der Waals surface area contributed by atoms with Crippen molar-refractivity contribution >= 4 is 28.4 Å². The summed E-state index contributed by atoms with van der Waals surface area (Å²) in [4.78, 5) is 5.58. The lowest BCUT2D eigenvalue weighted by atomic mass is 10.1. The summed E-state index contributed by atoms with van der Waals surface area (Å²) in [5, 5.41) is 12.8. The molecule has 0 saturated heterocycles. The molecule has 0 saturated carbocycles. The third kappa shape index (κ3) is 3.97. The average Bonchev–Trinajstić information content (AvgIpc) is 2.65. The van der Waals surface area contributed by atoms with Crippen LogP contribution in [0.3, 0.4) is 0 Å². The van der Waals surface area contributed by atoms with Gasteiger partial charge >= 0.3 is 0 Å². The fraction of sp³-hybridized carbons (Fsp3) is 0.190. The summed E-state index contributed by atoms with van der Waals surface area (Å²) in [6.07, 6.45) is 0.944. The molecular weight excluding hydrogens is 328 g/mol. The van der Waals surface area contributed by atoms with Crippen molar-refractivity contribution < 1.29 is 5.11 Å². The lowest BCUT2D eigenvalue weighted by Gasteiger charge is -2.12. The first-order valence-corrected chi connectivity index (χ1v) is 9.41. The van der Waals surface area contributed by atoms with E-state index in [0.717, 1.165) is 17.5 Å². The number of phenolic OH excluding ortho intramolecular Hbond substituents is 1. The van der Waals surface area contributed by atoms with Gasteiger partial charge in [-0.1, -0.05) is 55.5 Å². The van der Waals surface area contributed by atoms with E-state index in [1.807, 2.05) is 24.3 Å². The molecule has 0 aliphatic heterocycles. The Kier molecular flexibility index (Phi) is 5.61. The van der Waals surface area contributed by atoms with Crippen LogP contribution in [-0.4, -0.2) is 17.5 Å². The highest BCUT2D eigenvalue weighted by atomic mass is 32.2. The number of amidine groups is 1. The van der Waals surface area contributed by atoms with Gasteiger partial charge in [-0.05, 0) is 29.3 Å². The molecule has 0 amide bonds. The van der Waals surface area contributed by atoms with Crippen molar-refractivity contribution in [2.45, 2.75) is 24.0 Å². The van der Waals surface area contributed by atoms with Crippen molar-refractivity contribution in [2.75, 3.05) is 6.54 Å². The molecule has 128 valence electrons. The Morgan fingerprint density at radius 3 is 2.64 bits per heavy atom. The Morgan fingerprint density at radius 2 is 1.80 bits per heavy atom. The fourth-order valence-corrected chi connectivity index (χ4v) is 3.87. The fourth-order valence-electron chi connectivity index (χ4n) is 2.76. The van der Waals surface area contributed by atoms with Crippen LogP contribution in [0.2, 0.25) is 0 Å². The smallest absolute Gasteiger partial charge is 0.126 e. The van der Waals surface area contributed by atoms with E-state index in [1.54, 1.807) is 17.8 Å². The minimum Gasteiger partial charge on any atom is -0.508 e. The van der Waals surface area contributed by atoms with Gasteiger partial charge in [-0.2, -0.15) is 0 Å². The molecule has 0 atom stereocenters. The standard InChI is InChI=1S/C21H22N2OS/c1-2-13-23-21(22)17-10-6-11-19(24)18(17)14-25-20-12-5-8-15-7-3-4-9-16(15)20/h3-12,24H,2,13-14H2,1H3,(H2,22,23). The summed E-state index contributed by atoms with van der Waals surface area (Å²) < 4.78 is 0. The van der Waals surface area contributed by atoms with Gasteiger partial charge in [0.05, 0.1) is 0 Å². The number of hydrogen-bond donors (Lipinski definition) is 2. The molecule has 3 N–H and O–H groups in total. The SMILES string of the molecule is CCCN=C(N)c1cccc(O)c1CSc1cccc2ccccc12.